The number of allylic oxidation sites excluding steroid dienone is 1. The number of fused-ring (bicyclic) bond motifs is 2. The Balaban J connectivity index is 0.000000523. The van der Waals surface area contributed by atoms with Crippen LogP contribution in [-0.2, 0) is 19.4 Å². The van der Waals surface area contributed by atoms with Crippen molar-refractivity contribution in [3.8, 4) is 0 Å². The van der Waals surface area contributed by atoms with Gasteiger partial charge in [0.25, 0.3) is 0 Å². The van der Waals surface area contributed by atoms with Crippen LogP contribution in [0.4, 0.5) is 17.6 Å². The van der Waals surface area contributed by atoms with E-state index in [4.69, 9.17) is 5.73 Å². The Labute approximate surface area is 336 Å². The van der Waals surface area contributed by atoms with Gasteiger partial charge in [-0.15, -0.1) is 0 Å². The molecular weight excluding hydrogens is 708 g/mol. The SMILES string of the molecule is C=C(C)F.C=C(N[C@@H](CCCN(C)Cc1c(F)cc(F)cc1F)C(=C)NCCCCC(N)CC)c1ccc2c(c1)CCB2.C=Cc1ccc2c(c1)CC[B]2.CN. The highest BCUT2D eigenvalue weighted by Crippen LogP contribution is 2.20. The lowest BCUT2D eigenvalue weighted by atomic mass is 9.72. The summed E-state index contributed by atoms with van der Waals surface area (Å²) in [6.07, 6.45) is 12.2. The molecule has 0 aromatic heterocycles. The van der Waals surface area contributed by atoms with E-state index >= 15 is 0 Å². The Kier molecular flexibility index (Phi) is 22.3. The maximum atomic E-state index is 14.1. The second kappa shape index (κ2) is 26.0. The highest BCUT2D eigenvalue weighted by Gasteiger charge is 2.18. The number of halogens is 4. The topological polar surface area (TPSA) is 79.3 Å². The van der Waals surface area contributed by atoms with Crippen molar-refractivity contribution in [3.05, 3.63) is 132 Å². The lowest BCUT2D eigenvalue weighted by molar-refractivity contribution is 0.302. The third-order valence-corrected chi connectivity index (χ3v) is 9.84. The molecule has 2 atom stereocenters. The Bertz CT molecular complexity index is 1690. The number of hydrogen-bond acceptors (Lipinski definition) is 5. The number of nitrogens with two attached hydrogens (primary N) is 2. The molecule has 303 valence electrons. The second-order valence-electron chi connectivity index (χ2n) is 14.4. The largest absolute Gasteiger partial charge is 0.387 e. The molecule has 0 saturated carbocycles. The molecule has 56 heavy (non-hydrogen) atoms. The van der Waals surface area contributed by atoms with Gasteiger partial charge in [0, 0.05) is 48.2 Å². The molecule has 2 aliphatic heterocycles. The summed E-state index contributed by atoms with van der Waals surface area (Å²) in [4.78, 5) is 1.85. The minimum Gasteiger partial charge on any atom is -0.387 e. The maximum Gasteiger partial charge on any atom is 0.158 e. The van der Waals surface area contributed by atoms with Crippen LogP contribution >= 0.6 is 0 Å². The molecule has 0 spiro atoms. The number of nitrogens with one attached hydrogen (secondary N) is 2. The minimum atomic E-state index is -0.909. The quantitative estimate of drug-likeness (QED) is 0.0607. The molecule has 2 heterocycles. The zero-order valence-electron chi connectivity index (χ0n) is 34.3. The predicted octanol–water partition coefficient (Wildman–Crippen LogP) is 7.69. The summed E-state index contributed by atoms with van der Waals surface area (Å²) >= 11 is 0. The first-order chi connectivity index (χ1) is 26.8. The van der Waals surface area contributed by atoms with Crippen LogP contribution < -0.4 is 33.0 Å². The molecule has 0 saturated heterocycles. The molecule has 1 radical (unpaired) electrons. The van der Waals surface area contributed by atoms with E-state index in [1.165, 1.54) is 60.6 Å². The molecule has 1 unspecified atom stereocenters. The third-order valence-electron chi connectivity index (χ3n) is 9.84. The molecule has 0 bridgehead atoms. The molecule has 2 aliphatic rings. The average molecular weight is 773 g/mol. The summed E-state index contributed by atoms with van der Waals surface area (Å²) < 4.78 is 52.3. The van der Waals surface area contributed by atoms with Gasteiger partial charge in [-0.2, -0.15) is 0 Å². The van der Waals surface area contributed by atoms with E-state index in [1.807, 2.05) is 18.0 Å². The van der Waals surface area contributed by atoms with E-state index < -0.39 is 17.5 Å². The lowest BCUT2D eigenvalue weighted by Crippen LogP contribution is -2.36. The summed E-state index contributed by atoms with van der Waals surface area (Å²) in [6, 6.07) is 14.7. The Morgan fingerprint density at radius 3 is 2.32 bits per heavy atom. The standard InChI is InChI=1S/C31H44BF3N4.C10H10B.C3H5F.CH5N/c1-5-26(36)9-6-7-15-37-22(3)31(38-21(2)23-11-12-28-24(17-23)13-14-32-28)10-8-16-39(4)20-27-29(34)18-25(33)19-30(27)35;1-2-8-3-4-10-9(7-8)5-6-11-10;1-3(2)4;1-2/h11-12,17-19,26,31-32,37-38H,2-3,5-10,13-16,20,36H2,1,4H3;2-4,7H,1,5-6H2;1H2,2H3;2H2,1H3/t26?,31-;;;/m0.../s1. The van der Waals surface area contributed by atoms with Crippen LogP contribution in [-0.4, -0.2) is 58.7 Å². The highest BCUT2D eigenvalue weighted by atomic mass is 19.1. The first kappa shape index (κ1) is 48.1. The Morgan fingerprint density at radius 1 is 0.964 bits per heavy atom. The van der Waals surface area contributed by atoms with Gasteiger partial charge in [0.15, 0.2) is 14.6 Å². The fourth-order valence-corrected chi connectivity index (χ4v) is 6.68. The fraction of sp³-hybridized carbons (Fsp3) is 0.422. The van der Waals surface area contributed by atoms with Crippen molar-refractivity contribution in [1.82, 2.24) is 15.5 Å². The zero-order valence-corrected chi connectivity index (χ0v) is 34.3. The van der Waals surface area contributed by atoms with Gasteiger partial charge < -0.3 is 27.0 Å². The molecule has 0 aliphatic carbocycles. The van der Waals surface area contributed by atoms with Gasteiger partial charge in [-0.1, -0.05) is 117 Å². The number of nitrogens with zero attached hydrogens (tertiary/aromatic N) is 1. The van der Waals surface area contributed by atoms with E-state index in [1.54, 1.807) is 0 Å². The minimum absolute atomic E-state index is 0.0589. The van der Waals surface area contributed by atoms with E-state index in [-0.39, 0.29) is 30.0 Å². The molecule has 5 rings (SSSR count). The molecule has 5 nitrogen and oxygen atoms in total. The van der Waals surface area contributed by atoms with Crippen LogP contribution in [0, 0.1) is 17.5 Å². The predicted molar refractivity (Wildman–Crippen MR) is 235 cm³/mol. The lowest BCUT2D eigenvalue weighted by Gasteiger charge is -2.26. The highest BCUT2D eigenvalue weighted by molar-refractivity contribution is 6.56. The van der Waals surface area contributed by atoms with Crippen molar-refractivity contribution in [2.75, 3.05) is 27.2 Å². The van der Waals surface area contributed by atoms with E-state index in [9.17, 15) is 17.6 Å². The van der Waals surface area contributed by atoms with Crippen molar-refractivity contribution in [2.24, 2.45) is 11.5 Å². The van der Waals surface area contributed by atoms with Crippen molar-refractivity contribution < 1.29 is 17.6 Å². The average Bonchev–Trinajstić information content (AvgIpc) is 3.85. The van der Waals surface area contributed by atoms with Crippen LogP contribution in [0.1, 0.15) is 80.2 Å². The first-order valence-corrected chi connectivity index (χ1v) is 19.9. The van der Waals surface area contributed by atoms with Gasteiger partial charge in [0.1, 0.15) is 17.5 Å². The van der Waals surface area contributed by atoms with Gasteiger partial charge in [-0.3, -0.25) is 0 Å². The van der Waals surface area contributed by atoms with Crippen molar-refractivity contribution in [1.29, 1.82) is 0 Å². The summed E-state index contributed by atoms with van der Waals surface area (Å²) in [6.45, 7) is 20.2. The van der Waals surface area contributed by atoms with Crippen molar-refractivity contribution in [3.63, 3.8) is 0 Å². The molecule has 3 aromatic carbocycles. The molecule has 11 heteroatoms. The molecule has 0 fully saturated rings. The van der Waals surface area contributed by atoms with E-state index in [0.29, 0.717) is 6.54 Å². The maximum absolute atomic E-state index is 14.1. The van der Waals surface area contributed by atoms with Gasteiger partial charge in [0.2, 0.25) is 0 Å². The summed E-state index contributed by atoms with van der Waals surface area (Å²) in [5.74, 6) is -2.96. The van der Waals surface area contributed by atoms with Gasteiger partial charge >= 0.3 is 0 Å². The summed E-state index contributed by atoms with van der Waals surface area (Å²) in [5.41, 5.74) is 20.2. The molecule has 6 N–H and O–H groups in total. The number of aryl methyl sites for hydroxylation is 2. The monoisotopic (exact) mass is 773 g/mol. The summed E-state index contributed by atoms with van der Waals surface area (Å²) in [7, 11) is 6.74. The normalized spacial score (nSPS) is 13.1. The molecule has 0 amide bonds. The number of rotatable bonds is 18. The van der Waals surface area contributed by atoms with Crippen molar-refractivity contribution >= 4 is 37.3 Å². The molecular formula is C45H64B2F4N5. The van der Waals surface area contributed by atoms with Crippen LogP contribution in [0.3, 0.4) is 0 Å². The van der Waals surface area contributed by atoms with Crippen LogP contribution in [0.15, 0.2) is 86.4 Å². The molecule has 3 aromatic rings. The van der Waals surface area contributed by atoms with Gasteiger partial charge in [-0.25, -0.2) is 17.6 Å². The van der Waals surface area contributed by atoms with Crippen LogP contribution in [0.2, 0.25) is 12.6 Å². The summed E-state index contributed by atoms with van der Waals surface area (Å²) in [5, 5.41) is 7.07. The van der Waals surface area contributed by atoms with E-state index in [0.717, 1.165) is 87.9 Å². The second-order valence-corrected chi connectivity index (χ2v) is 14.4. The van der Waals surface area contributed by atoms with E-state index in [2.05, 4.69) is 93.3 Å². The number of unbranched alkanes of at least 4 members (excludes halogenated alkanes) is 1. The Morgan fingerprint density at radius 2 is 1.66 bits per heavy atom. The van der Waals surface area contributed by atoms with Crippen LogP contribution in [0.25, 0.3) is 11.8 Å². The zero-order chi connectivity index (χ0) is 41.6. The van der Waals surface area contributed by atoms with Crippen molar-refractivity contribution in [2.45, 2.75) is 96.5 Å². The third kappa shape index (κ3) is 17.0. The smallest absolute Gasteiger partial charge is 0.158 e. The van der Waals surface area contributed by atoms with Gasteiger partial charge in [0.05, 0.1) is 11.9 Å². The number of benzene rings is 3. The van der Waals surface area contributed by atoms with Crippen LogP contribution in [0.5, 0.6) is 0 Å². The fourth-order valence-electron chi connectivity index (χ4n) is 6.68. The Hall–Kier alpha value is -4.05. The number of hydrogen-bond donors (Lipinski definition) is 4. The first-order valence-electron chi connectivity index (χ1n) is 19.9. The van der Waals surface area contributed by atoms with Gasteiger partial charge in [-0.05, 0) is 83.6 Å².